The van der Waals surface area contributed by atoms with Crippen molar-refractivity contribution in [2.24, 2.45) is 0 Å². The molecule has 0 aliphatic heterocycles. The second-order valence-electron chi connectivity index (χ2n) is 1.30. The van der Waals surface area contributed by atoms with Gasteiger partial charge in [0.15, 0.2) is 0 Å². The maximum atomic E-state index is 2.23. The van der Waals surface area contributed by atoms with Crippen molar-refractivity contribution >= 4 is 0 Å². The third-order valence-corrected chi connectivity index (χ3v) is 1.96. The molecule has 0 N–H and O–H groups in total. The summed E-state index contributed by atoms with van der Waals surface area (Å²) in [7, 11) is 0. The van der Waals surface area contributed by atoms with Gasteiger partial charge in [-0.3, -0.25) is 0 Å². The van der Waals surface area contributed by atoms with Gasteiger partial charge in [0.05, 0.1) is 0 Å². The van der Waals surface area contributed by atoms with Crippen molar-refractivity contribution in [3.63, 3.8) is 0 Å². The van der Waals surface area contributed by atoms with E-state index in [2.05, 4.69) is 24.3 Å². The summed E-state index contributed by atoms with van der Waals surface area (Å²) in [4.78, 5) is 0. The van der Waals surface area contributed by atoms with E-state index in [0.29, 0.717) is 0 Å². The van der Waals surface area contributed by atoms with E-state index in [1.165, 1.54) is 39.6 Å². The molecule has 0 amide bonds. The van der Waals surface area contributed by atoms with Gasteiger partial charge >= 0.3 is 65.4 Å². The molecule has 0 saturated heterocycles. The first-order chi connectivity index (χ1) is 2.89. The number of hydrogen-bond donors (Lipinski definition) is 0. The molecule has 1 rings (SSSR count). The summed E-state index contributed by atoms with van der Waals surface area (Å²) in [6, 6.07) is 0. The SMILES string of the molecule is [Ce][CH]1C=CC=C1. The molecular formula is C5H5Ce. The zero-order chi connectivity index (χ0) is 4.41. The van der Waals surface area contributed by atoms with Crippen molar-refractivity contribution in [2.45, 2.75) is 1.44 Å². The van der Waals surface area contributed by atoms with E-state index in [-0.39, 0.29) is 0 Å². The van der Waals surface area contributed by atoms with Crippen LogP contribution in [0.3, 0.4) is 0 Å². The Bertz CT molecular complexity index is 80.1. The molecule has 0 heterocycles. The molecule has 0 saturated carbocycles. The first-order valence-corrected chi connectivity index (χ1v) is 3.77. The summed E-state index contributed by atoms with van der Waals surface area (Å²) < 4.78 is 0.824. The van der Waals surface area contributed by atoms with Gasteiger partial charge in [0.25, 0.3) is 0 Å². The van der Waals surface area contributed by atoms with Crippen LogP contribution in [0.5, 0.6) is 0 Å². The second kappa shape index (κ2) is 2.24. The minimum absolute atomic E-state index is 0.824. The van der Waals surface area contributed by atoms with Crippen molar-refractivity contribution in [1.29, 1.82) is 0 Å². The Balaban J connectivity index is 2.60. The van der Waals surface area contributed by atoms with Crippen LogP contribution in [-0.2, 0) is 0 Å². The van der Waals surface area contributed by atoms with Crippen molar-refractivity contribution in [2.75, 3.05) is 0 Å². The molecule has 6 heavy (non-hydrogen) atoms. The van der Waals surface area contributed by atoms with Crippen LogP contribution in [0.25, 0.3) is 0 Å². The average molecular weight is 205 g/mol. The molecule has 0 atom stereocenters. The zero-order valence-corrected chi connectivity index (χ0v) is 6.53. The zero-order valence-electron chi connectivity index (χ0n) is 3.39. The van der Waals surface area contributed by atoms with Crippen LogP contribution in [0.15, 0.2) is 24.3 Å². The molecule has 0 fully saturated rings. The quantitative estimate of drug-likeness (QED) is 0.561. The number of allylic oxidation sites excluding steroid dienone is 4. The van der Waals surface area contributed by atoms with Gasteiger partial charge in [-0.15, -0.1) is 0 Å². The summed E-state index contributed by atoms with van der Waals surface area (Å²) in [5.41, 5.74) is 0. The Kier molecular flexibility index (Phi) is 1.87. The molecular weight excluding hydrogens is 200 g/mol. The average Bonchev–Trinajstić information content (AvgIpc) is 1.86. The molecule has 0 spiro atoms. The maximum absolute atomic E-state index is 2.23. The van der Waals surface area contributed by atoms with Crippen LogP contribution in [0.2, 0.25) is 1.44 Å². The molecule has 0 aromatic rings. The van der Waals surface area contributed by atoms with Crippen LogP contribution >= 0.6 is 0 Å². The normalized spacial score (nSPS) is 19.8. The first kappa shape index (κ1) is 5.00. The molecule has 1 aliphatic rings. The summed E-state index contributed by atoms with van der Waals surface area (Å²) in [5, 5.41) is 0. The van der Waals surface area contributed by atoms with Crippen LogP contribution < -0.4 is 0 Å². The Morgan fingerprint density at radius 3 is 1.83 bits per heavy atom. The van der Waals surface area contributed by atoms with Crippen LogP contribution in [-0.4, -0.2) is 0 Å². The van der Waals surface area contributed by atoms with Crippen molar-refractivity contribution in [3.8, 4) is 0 Å². The third kappa shape index (κ3) is 1.17. The van der Waals surface area contributed by atoms with Gasteiger partial charge in [0.1, 0.15) is 0 Å². The molecule has 1 aliphatic carbocycles. The van der Waals surface area contributed by atoms with E-state index in [1.807, 2.05) is 0 Å². The van der Waals surface area contributed by atoms with Crippen LogP contribution in [0.1, 0.15) is 0 Å². The predicted molar refractivity (Wildman–Crippen MR) is 22.0 cm³/mol. The van der Waals surface area contributed by atoms with Gasteiger partial charge in [-0.05, 0) is 0 Å². The van der Waals surface area contributed by atoms with Crippen molar-refractivity contribution in [3.05, 3.63) is 24.3 Å². The van der Waals surface area contributed by atoms with E-state index in [0.717, 1.165) is 1.44 Å². The molecule has 0 nitrogen and oxygen atoms in total. The van der Waals surface area contributed by atoms with Crippen molar-refractivity contribution < 1.29 is 39.6 Å². The molecule has 0 aromatic carbocycles. The first-order valence-electron chi connectivity index (χ1n) is 1.96. The molecule has 0 bridgehead atoms. The van der Waals surface area contributed by atoms with E-state index in [1.54, 1.807) is 0 Å². The molecule has 1 heteroatoms. The van der Waals surface area contributed by atoms with Gasteiger partial charge in [0.2, 0.25) is 0 Å². The second-order valence-corrected chi connectivity index (χ2v) is 3.39. The topological polar surface area (TPSA) is 0 Å². The fourth-order valence-corrected chi connectivity index (χ4v) is 1.13. The van der Waals surface area contributed by atoms with Gasteiger partial charge in [-0.1, -0.05) is 0 Å². The summed E-state index contributed by atoms with van der Waals surface area (Å²) in [6.45, 7) is 0. The standard InChI is InChI=1S/C5H5.Ce/c1-2-4-5-3-1;/h1-5H;. The van der Waals surface area contributed by atoms with E-state index < -0.39 is 0 Å². The summed E-state index contributed by atoms with van der Waals surface area (Å²) in [6.07, 6.45) is 8.67. The Morgan fingerprint density at radius 2 is 1.67 bits per heavy atom. The van der Waals surface area contributed by atoms with Gasteiger partial charge < -0.3 is 0 Å². The summed E-state index contributed by atoms with van der Waals surface area (Å²) in [5.74, 6) is 0. The third-order valence-electron chi connectivity index (χ3n) is 0.748. The van der Waals surface area contributed by atoms with E-state index in [9.17, 15) is 0 Å². The van der Waals surface area contributed by atoms with E-state index >= 15 is 0 Å². The number of rotatable bonds is 0. The molecule has 0 radical (unpaired) electrons. The molecule has 0 unspecified atom stereocenters. The van der Waals surface area contributed by atoms with E-state index in [4.69, 9.17) is 0 Å². The van der Waals surface area contributed by atoms with Crippen molar-refractivity contribution in [1.82, 2.24) is 0 Å². The molecule has 0 aromatic heterocycles. The Labute approximate surface area is 64.6 Å². The monoisotopic (exact) mass is 205 g/mol. The number of hydrogen-bond acceptors (Lipinski definition) is 0. The van der Waals surface area contributed by atoms with Gasteiger partial charge in [0, 0.05) is 0 Å². The molecule has 29 valence electrons. The van der Waals surface area contributed by atoms with Crippen LogP contribution in [0.4, 0.5) is 0 Å². The minimum atomic E-state index is 0.824. The summed E-state index contributed by atoms with van der Waals surface area (Å²) >= 11 is 1.28. The van der Waals surface area contributed by atoms with Crippen LogP contribution in [0, 0.1) is 39.6 Å². The van der Waals surface area contributed by atoms with Gasteiger partial charge in [-0.2, -0.15) is 0 Å². The Hall–Kier alpha value is 0.857. The fraction of sp³-hybridized carbons (Fsp3) is 0.200. The Morgan fingerprint density at radius 1 is 1.17 bits per heavy atom. The fourth-order valence-electron chi connectivity index (χ4n) is 0.432. The predicted octanol–water partition coefficient (Wildman–Crippen LogP) is 1.45. The van der Waals surface area contributed by atoms with Gasteiger partial charge in [-0.25, -0.2) is 0 Å².